The van der Waals surface area contributed by atoms with E-state index in [1.807, 2.05) is 0 Å². The highest BCUT2D eigenvalue weighted by molar-refractivity contribution is 5.92. The Morgan fingerprint density at radius 2 is 2.31 bits per heavy atom. The normalized spacial score (nSPS) is 11.5. The van der Waals surface area contributed by atoms with Crippen LogP contribution in [0.2, 0.25) is 0 Å². The first-order valence-corrected chi connectivity index (χ1v) is 3.69. The molecule has 0 aromatic carbocycles. The molecule has 0 saturated heterocycles. The van der Waals surface area contributed by atoms with Gasteiger partial charge in [0.15, 0.2) is 0 Å². The van der Waals surface area contributed by atoms with Gasteiger partial charge in [0.2, 0.25) is 0 Å². The molecule has 0 spiro atoms. The van der Waals surface area contributed by atoms with Gasteiger partial charge in [-0.15, -0.1) is 6.58 Å². The fourth-order valence-electron chi connectivity index (χ4n) is 0.630. The lowest BCUT2D eigenvalue weighted by Gasteiger charge is -2.08. The summed E-state index contributed by atoms with van der Waals surface area (Å²) >= 11 is 0. The molecule has 5 nitrogen and oxygen atoms in total. The topological polar surface area (TPSA) is 72.2 Å². The van der Waals surface area contributed by atoms with Crippen molar-refractivity contribution in [2.75, 3.05) is 0 Å². The number of nitro groups is 1. The lowest BCUT2D eigenvalue weighted by Crippen LogP contribution is -2.40. The number of carbonyl (C=O) groups excluding carboxylic acids is 1. The predicted molar refractivity (Wildman–Crippen MR) is 48.6 cm³/mol. The smallest absolute Gasteiger partial charge is 0.290 e. The Morgan fingerprint density at radius 1 is 1.77 bits per heavy atom. The monoisotopic (exact) mass is 184 g/mol. The Hall–Kier alpha value is -1.65. The van der Waals surface area contributed by atoms with Gasteiger partial charge in [-0.2, -0.15) is 0 Å². The Bertz CT molecular complexity index is 248. The molecule has 0 aliphatic heterocycles. The third-order valence-corrected chi connectivity index (χ3v) is 1.33. The second-order valence-electron chi connectivity index (χ2n) is 2.58. The minimum absolute atomic E-state index is 0.103. The molecule has 5 heteroatoms. The van der Waals surface area contributed by atoms with Gasteiger partial charge in [0.05, 0.1) is 6.42 Å². The molecule has 72 valence electrons. The number of carbonyl (C=O) groups is 1. The molecule has 1 atom stereocenters. The van der Waals surface area contributed by atoms with Gasteiger partial charge in [-0.05, 0) is 6.92 Å². The van der Waals surface area contributed by atoms with Gasteiger partial charge in [-0.3, -0.25) is 20.2 Å². The number of nitrogens with zero attached hydrogens (tertiary/aromatic N) is 1. The molecular formula is C8H12N2O3. The van der Waals surface area contributed by atoms with Crippen molar-refractivity contribution in [2.45, 2.75) is 19.5 Å². The van der Waals surface area contributed by atoms with Crippen molar-refractivity contribution in [3.05, 3.63) is 34.9 Å². The lowest BCUT2D eigenvalue weighted by molar-refractivity contribution is -0.526. The number of hydrogen-bond donors (Lipinski definition) is 1. The van der Waals surface area contributed by atoms with Gasteiger partial charge in [-0.25, -0.2) is 0 Å². The van der Waals surface area contributed by atoms with Crippen LogP contribution in [-0.4, -0.2) is 17.0 Å². The van der Waals surface area contributed by atoms with Crippen LogP contribution in [-0.2, 0) is 4.79 Å². The quantitative estimate of drug-likeness (QED) is 0.226. The molecule has 0 aromatic rings. The maximum Gasteiger partial charge on any atom is 0.290 e. The zero-order valence-corrected chi connectivity index (χ0v) is 7.45. The molecule has 1 unspecified atom stereocenters. The second-order valence-corrected chi connectivity index (χ2v) is 2.58. The Labute approximate surface area is 76.3 Å². The molecule has 0 radical (unpaired) electrons. The molecule has 0 fully saturated rings. The zero-order chi connectivity index (χ0) is 10.4. The van der Waals surface area contributed by atoms with Gasteiger partial charge in [0.25, 0.3) is 12.1 Å². The van der Waals surface area contributed by atoms with Crippen LogP contribution in [0.25, 0.3) is 0 Å². The summed E-state index contributed by atoms with van der Waals surface area (Å²) < 4.78 is 0. The van der Waals surface area contributed by atoms with Gasteiger partial charge in [0.1, 0.15) is 0 Å². The van der Waals surface area contributed by atoms with E-state index in [2.05, 4.69) is 18.5 Å². The van der Waals surface area contributed by atoms with Crippen LogP contribution in [0, 0.1) is 10.1 Å². The number of hydrogen-bond acceptors (Lipinski definition) is 3. The zero-order valence-electron chi connectivity index (χ0n) is 7.45. The van der Waals surface area contributed by atoms with Gasteiger partial charge < -0.3 is 0 Å². The van der Waals surface area contributed by atoms with Crippen LogP contribution in [0.5, 0.6) is 0 Å². The van der Waals surface area contributed by atoms with Crippen molar-refractivity contribution in [2.24, 2.45) is 0 Å². The fraction of sp³-hybridized carbons (Fsp3) is 0.375. The van der Waals surface area contributed by atoms with Gasteiger partial charge in [-0.1, -0.05) is 12.7 Å². The van der Waals surface area contributed by atoms with E-state index in [-0.39, 0.29) is 12.0 Å². The van der Waals surface area contributed by atoms with E-state index < -0.39 is 17.0 Å². The van der Waals surface area contributed by atoms with Crippen LogP contribution in [0.3, 0.4) is 0 Å². The van der Waals surface area contributed by atoms with Gasteiger partial charge >= 0.3 is 0 Å². The fourth-order valence-corrected chi connectivity index (χ4v) is 0.630. The van der Waals surface area contributed by atoms with Crippen LogP contribution < -0.4 is 5.32 Å². The molecule has 0 rings (SSSR count). The lowest BCUT2D eigenvalue weighted by atomic mass is 10.3. The minimum Gasteiger partial charge on any atom is -0.290 e. The van der Waals surface area contributed by atoms with Crippen LogP contribution in [0.1, 0.15) is 13.3 Å². The molecule has 0 aromatic heterocycles. The first-order chi connectivity index (χ1) is 5.99. The molecule has 0 aliphatic carbocycles. The molecule has 0 heterocycles. The molecule has 1 N–H and O–H groups in total. The Morgan fingerprint density at radius 3 is 2.62 bits per heavy atom. The van der Waals surface area contributed by atoms with E-state index in [0.29, 0.717) is 0 Å². The van der Waals surface area contributed by atoms with Crippen molar-refractivity contribution in [1.29, 1.82) is 0 Å². The molecular weight excluding hydrogens is 172 g/mol. The summed E-state index contributed by atoms with van der Waals surface area (Å²) in [5, 5.41) is 12.6. The number of rotatable bonds is 5. The van der Waals surface area contributed by atoms with E-state index in [1.54, 1.807) is 0 Å². The largest absolute Gasteiger partial charge is 0.290 e. The summed E-state index contributed by atoms with van der Waals surface area (Å²) in [6.07, 6.45) is 0.375. The van der Waals surface area contributed by atoms with Crippen LogP contribution in [0.15, 0.2) is 24.8 Å². The van der Waals surface area contributed by atoms with Crippen LogP contribution >= 0.6 is 0 Å². The van der Waals surface area contributed by atoms with Gasteiger partial charge in [0, 0.05) is 10.5 Å². The highest BCUT2D eigenvalue weighted by atomic mass is 16.6. The maximum absolute atomic E-state index is 11.0. The van der Waals surface area contributed by atoms with Crippen molar-refractivity contribution in [3.63, 3.8) is 0 Å². The summed E-state index contributed by atoms with van der Waals surface area (Å²) in [7, 11) is 0. The van der Waals surface area contributed by atoms with Crippen molar-refractivity contribution in [1.82, 2.24) is 5.32 Å². The number of nitrogens with one attached hydrogen (secondary N) is 1. The SMILES string of the molecule is C=CCC(NC(=O)C(=C)C)[N+](=O)[O-]. The maximum atomic E-state index is 11.0. The molecule has 0 aliphatic rings. The van der Waals surface area contributed by atoms with E-state index in [1.165, 1.54) is 13.0 Å². The van der Waals surface area contributed by atoms with Crippen LogP contribution in [0.4, 0.5) is 0 Å². The molecule has 0 saturated carbocycles. The average Bonchev–Trinajstić information content (AvgIpc) is 2.03. The second kappa shape index (κ2) is 5.08. The molecule has 1 amide bonds. The standard InChI is InChI=1S/C8H12N2O3/c1-4-5-7(10(12)13)9-8(11)6(2)3/h4,7H,1-2,5H2,3H3,(H,9,11). The summed E-state index contributed by atoms with van der Waals surface area (Å²) in [5.74, 6) is -0.511. The minimum atomic E-state index is -1.11. The Balaban J connectivity index is 4.25. The van der Waals surface area contributed by atoms with Crippen molar-refractivity contribution in [3.8, 4) is 0 Å². The van der Waals surface area contributed by atoms with E-state index >= 15 is 0 Å². The third kappa shape index (κ3) is 4.05. The number of amides is 1. The van der Waals surface area contributed by atoms with Crippen molar-refractivity contribution < 1.29 is 9.72 Å². The Kier molecular flexibility index (Phi) is 4.43. The van der Waals surface area contributed by atoms with E-state index in [9.17, 15) is 14.9 Å². The first kappa shape index (κ1) is 11.4. The summed E-state index contributed by atoms with van der Waals surface area (Å²) in [6, 6.07) is 0. The average molecular weight is 184 g/mol. The van der Waals surface area contributed by atoms with E-state index in [0.717, 1.165) is 0 Å². The van der Waals surface area contributed by atoms with Crippen molar-refractivity contribution >= 4 is 5.91 Å². The summed E-state index contributed by atoms with van der Waals surface area (Å²) in [6.45, 7) is 8.21. The molecule has 0 bridgehead atoms. The molecule has 13 heavy (non-hydrogen) atoms. The highest BCUT2D eigenvalue weighted by Crippen LogP contribution is 1.96. The highest BCUT2D eigenvalue weighted by Gasteiger charge is 2.20. The first-order valence-electron chi connectivity index (χ1n) is 3.69. The third-order valence-electron chi connectivity index (χ3n) is 1.33. The summed E-state index contributed by atoms with van der Waals surface area (Å²) in [5.41, 5.74) is 0.246. The predicted octanol–water partition coefficient (Wildman–Crippen LogP) is 0.858. The summed E-state index contributed by atoms with van der Waals surface area (Å²) in [4.78, 5) is 20.8. The van der Waals surface area contributed by atoms with E-state index in [4.69, 9.17) is 0 Å².